The smallest absolute Gasteiger partial charge is 0.233 e. The van der Waals surface area contributed by atoms with E-state index in [4.69, 9.17) is 15.2 Å². The molecule has 0 spiro atoms. The predicted octanol–water partition coefficient (Wildman–Crippen LogP) is 2.01. The van der Waals surface area contributed by atoms with Crippen LogP contribution in [0, 0.1) is 0 Å². The lowest BCUT2D eigenvalue weighted by molar-refractivity contribution is 0.0547. The summed E-state index contributed by atoms with van der Waals surface area (Å²) in [5.74, 6) is 1.78. The summed E-state index contributed by atoms with van der Waals surface area (Å²) in [6, 6.07) is 9.90. The largest absolute Gasteiger partial charge is 0.378 e. The van der Waals surface area contributed by atoms with Crippen molar-refractivity contribution in [3.8, 4) is 0 Å². The van der Waals surface area contributed by atoms with Gasteiger partial charge in [-0.05, 0) is 31.4 Å². The van der Waals surface area contributed by atoms with Crippen molar-refractivity contribution in [3.63, 3.8) is 0 Å². The molecule has 2 heterocycles. The van der Waals surface area contributed by atoms with Gasteiger partial charge in [0.2, 0.25) is 17.8 Å². The Hall–Kier alpha value is -2.49. The third kappa shape index (κ3) is 7.45. The molecule has 1 aliphatic heterocycles. The molecule has 1 saturated heterocycles. The van der Waals surface area contributed by atoms with E-state index < -0.39 is 0 Å². The molecule has 29 heavy (non-hydrogen) atoms. The molecule has 0 amide bonds. The number of para-hydroxylation sites is 1. The van der Waals surface area contributed by atoms with Gasteiger partial charge < -0.3 is 30.7 Å². The van der Waals surface area contributed by atoms with Crippen molar-refractivity contribution in [2.24, 2.45) is 5.73 Å². The number of piperidine rings is 1. The van der Waals surface area contributed by atoms with Crippen LogP contribution in [0.3, 0.4) is 0 Å². The van der Waals surface area contributed by atoms with Gasteiger partial charge in [0.15, 0.2) is 0 Å². The molecule has 2 aromatic rings. The second-order valence-corrected chi connectivity index (χ2v) is 6.76. The molecule has 0 aliphatic carbocycles. The summed E-state index contributed by atoms with van der Waals surface area (Å²) >= 11 is 0. The number of rotatable bonds is 12. The zero-order valence-corrected chi connectivity index (χ0v) is 16.8. The second kappa shape index (κ2) is 12.2. The minimum Gasteiger partial charge on any atom is -0.378 e. The van der Waals surface area contributed by atoms with Crippen LogP contribution < -0.4 is 21.3 Å². The van der Waals surface area contributed by atoms with E-state index in [0.29, 0.717) is 57.4 Å². The molecule has 3 rings (SSSR count). The summed E-state index contributed by atoms with van der Waals surface area (Å²) in [6.45, 7) is 5.26. The molecule has 1 aromatic carbocycles. The Labute approximate surface area is 172 Å². The van der Waals surface area contributed by atoms with Crippen LogP contribution in [0.15, 0.2) is 30.3 Å². The Bertz CT molecular complexity index is 711. The van der Waals surface area contributed by atoms with E-state index in [9.17, 15) is 0 Å². The second-order valence-electron chi connectivity index (χ2n) is 6.76. The highest BCUT2D eigenvalue weighted by atomic mass is 16.5. The summed E-state index contributed by atoms with van der Waals surface area (Å²) < 4.78 is 10.8. The number of nitrogens with zero attached hydrogens (tertiary/aromatic N) is 4. The third-order valence-corrected chi connectivity index (χ3v) is 4.46. The van der Waals surface area contributed by atoms with Crippen LogP contribution in [0.2, 0.25) is 0 Å². The number of hydrogen-bond donors (Lipinski definition) is 3. The van der Waals surface area contributed by atoms with Crippen molar-refractivity contribution >= 4 is 23.5 Å². The lowest BCUT2D eigenvalue weighted by atomic mass is 10.1. The van der Waals surface area contributed by atoms with E-state index in [2.05, 4.69) is 30.5 Å². The molecule has 9 nitrogen and oxygen atoms in total. The molecule has 9 heteroatoms. The Kier molecular flexibility index (Phi) is 8.89. The molecule has 158 valence electrons. The van der Waals surface area contributed by atoms with Crippen molar-refractivity contribution in [2.45, 2.75) is 19.3 Å². The van der Waals surface area contributed by atoms with Gasteiger partial charge in [0.25, 0.3) is 0 Å². The molecule has 4 N–H and O–H groups in total. The van der Waals surface area contributed by atoms with Crippen molar-refractivity contribution in [1.29, 1.82) is 0 Å². The lowest BCUT2D eigenvalue weighted by Gasteiger charge is -2.27. The molecule has 0 radical (unpaired) electrons. The minimum atomic E-state index is 0.527. The zero-order valence-electron chi connectivity index (χ0n) is 16.8. The van der Waals surface area contributed by atoms with Crippen LogP contribution in [0.4, 0.5) is 23.5 Å². The van der Waals surface area contributed by atoms with E-state index in [-0.39, 0.29) is 0 Å². The van der Waals surface area contributed by atoms with Crippen molar-refractivity contribution in [1.82, 2.24) is 15.0 Å². The van der Waals surface area contributed by atoms with Crippen LogP contribution in [0.25, 0.3) is 0 Å². The van der Waals surface area contributed by atoms with Gasteiger partial charge in [-0.15, -0.1) is 0 Å². The molecule has 0 unspecified atom stereocenters. The maximum Gasteiger partial charge on any atom is 0.233 e. The Morgan fingerprint density at radius 2 is 1.59 bits per heavy atom. The predicted molar refractivity (Wildman–Crippen MR) is 115 cm³/mol. The molecule has 0 saturated carbocycles. The van der Waals surface area contributed by atoms with E-state index in [1.807, 2.05) is 30.3 Å². The topological polar surface area (TPSA) is 110 Å². The lowest BCUT2D eigenvalue weighted by Crippen LogP contribution is -2.31. The Morgan fingerprint density at radius 3 is 2.34 bits per heavy atom. The maximum absolute atomic E-state index is 5.55. The van der Waals surface area contributed by atoms with Crippen LogP contribution in [0.5, 0.6) is 0 Å². The van der Waals surface area contributed by atoms with Gasteiger partial charge in [0.1, 0.15) is 0 Å². The van der Waals surface area contributed by atoms with Gasteiger partial charge in [-0.25, -0.2) is 0 Å². The van der Waals surface area contributed by atoms with Crippen LogP contribution in [-0.2, 0) is 9.47 Å². The Balaban J connectivity index is 1.58. The van der Waals surface area contributed by atoms with Gasteiger partial charge in [-0.3, -0.25) is 0 Å². The molecule has 0 atom stereocenters. The number of nitrogens with two attached hydrogens (primary N) is 1. The molecular formula is C20H31N7O2. The monoisotopic (exact) mass is 401 g/mol. The SMILES string of the molecule is NCCOCCOCCNc1nc(Nc2ccccc2)nc(N2CCCCC2)n1. The van der Waals surface area contributed by atoms with E-state index in [1.165, 1.54) is 6.42 Å². The quantitative estimate of drug-likeness (QED) is 0.460. The maximum atomic E-state index is 5.55. The summed E-state index contributed by atoms with van der Waals surface area (Å²) in [5.41, 5.74) is 6.32. The van der Waals surface area contributed by atoms with Crippen molar-refractivity contribution in [2.75, 3.05) is 68.1 Å². The zero-order chi connectivity index (χ0) is 20.2. The fourth-order valence-electron chi connectivity index (χ4n) is 3.03. The van der Waals surface area contributed by atoms with Crippen molar-refractivity contribution < 1.29 is 9.47 Å². The standard InChI is InChI=1S/C20H31N7O2/c21-9-13-28-15-16-29-14-10-22-18-24-19(23-17-7-3-1-4-8-17)26-20(25-18)27-11-5-2-6-12-27/h1,3-4,7-8H,2,5-6,9-16,21H2,(H2,22,23,24,25,26). The van der Waals surface area contributed by atoms with E-state index in [0.717, 1.165) is 31.6 Å². The summed E-state index contributed by atoms with van der Waals surface area (Å²) in [7, 11) is 0. The van der Waals surface area contributed by atoms with Gasteiger partial charge in [0.05, 0.1) is 26.4 Å². The highest BCUT2D eigenvalue weighted by Crippen LogP contribution is 2.20. The van der Waals surface area contributed by atoms with Gasteiger partial charge in [-0.1, -0.05) is 18.2 Å². The highest BCUT2D eigenvalue weighted by molar-refractivity contribution is 5.55. The third-order valence-electron chi connectivity index (χ3n) is 4.46. The van der Waals surface area contributed by atoms with Crippen molar-refractivity contribution in [3.05, 3.63) is 30.3 Å². The fraction of sp³-hybridized carbons (Fsp3) is 0.550. The van der Waals surface area contributed by atoms with Gasteiger partial charge in [0, 0.05) is 31.9 Å². The normalized spacial score (nSPS) is 14.0. The van der Waals surface area contributed by atoms with Crippen LogP contribution in [-0.4, -0.2) is 67.6 Å². The number of benzene rings is 1. The molecule has 0 bridgehead atoms. The average molecular weight is 402 g/mol. The Morgan fingerprint density at radius 1 is 0.862 bits per heavy atom. The first-order valence-corrected chi connectivity index (χ1v) is 10.3. The number of hydrogen-bond acceptors (Lipinski definition) is 9. The molecule has 1 aliphatic rings. The molecule has 1 fully saturated rings. The first kappa shape index (κ1) is 21.2. The van der Waals surface area contributed by atoms with Gasteiger partial charge in [-0.2, -0.15) is 15.0 Å². The number of anilines is 4. The number of aromatic nitrogens is 3. The molecular weight excluding hydrogens is 370 g/mol. The van der Waals surface area contributed by atoms with E-state index in [1.54, 1.807) is 0 Å². The number of ether oxygens (including phenoxy) is 2. The first-order valence-electron chi connectivity index (χ1n) is 10.3. The summed E-state index contributed by atoms with van der Waals surface area (Å²) in [5, 5.41) is 6.50. The molecule has 1 aromatic heterocycles. The van der Waals surface area contributed by atoms with Crippen LogP contribution >= 0.6 is 0 Å². The van der Waals surface area contributed by atoms with E-state index >= 15 is 0 Å². The summed E-state index contributed by atoms with van der Waals surface area (Å²) in [4.78, 5) is 16.0. The van der Waals surface area contributed by atoms with Crippen LogP contribution in [0.1, 0.15) is 19.3 Å². The summed E-state index contributed by atoms with van der Waals surface area (Å²) in [6.07, 6.45) is 3.58. The fourth-order valence-corrected chi connectivity index (χ4v) is 3.03. The highest BCUT2D eigenvalue weighted by Gasteiger charge is 2.16. The average Bonchev–Trinajstić information content (AvgIpc) is 2.77. The minimum absolute atomic E-state index is 0.527. The number of nitrogens with one attached hydrogen (secondary N) is 2. The van der Waals surface area contributed by atoms with Gasteiger partial charge >= 0.3 is 0 Å². The first-order chi connectivity index (χ1) is 14.3.